The van der Waals surface area contributed by atoms with Crippen LogP contribution >= 0.6 is 11.6 Å². The van der Waals surface area contributed by atoms with E-state index in [1.165, 1.54) is 6.07 Å². The number of fused-ring (bicyclic) bond motifs is 4. The third-order valence-corrected chi connectivity index (χ3v) is 11.3. The number of rotatable bonds is 6. The zero-order valence-electron chi connectivity index (χ0n) is 28.0. The van der Waals surface area contributed by atoms with Crippen LogP contribution in [0.2, 0.25) is 5.02 Å². The quantitative estimate of drug-likeness (QED) is 0.176. The minimum absolute atomic E-state index is 0.0348. The topological polar surface area (TPSA) is 131 Å². The predicted octanol–water partition coefficient (Wildman–Crippen LogP) is 6.55. The molecule has 8 rings (SSSR count). The van der Waals surface area contributed by atoms with E-state index in [4.69, 9.17) is 21.1 Å². The number of ether oxygens (including phenoxy) is 2. The second kappa shape index (κ2) is 12.8. The minimum atomic E-state index is -1.58. The Bertz CT molecular complexity index is 2170. The number of phenolic OH excluding ortho intramolecular Hbond substituents is 1. The Morgan fingerprint density at radius 2 is 1.60 bits per heavy atom. The third kappa shape index (κ3) is 4.96. The molecule has 0 aromatic heterocycles. The van der Waals surface area contributed by atoms with Crippen LogP contribution in [0.25, 0.3) is 0 Å². The number of hydrogen-bond donors (Lipinski definition) is 1. The first-order valence-electron chi connectivity index (χ1n) is 17.0. The van der Waals surface area contributed by atoms with E-state index in [2.05, 4.69) is 0 Å². The lowest BCUT2D eigenvalue weighted by atomic mass is 9.49. The minimum Gasteiger partial charge on any atom is -0.508 e. The fraction of sp³-hybridized carbons (Fsp3) is 0.244. The molecule has 6 unspecified atom stereocenters. The van der Waals surface area contributed by atoms with E-state index in [1.807, 2.05) is 42.5 Å². The van der Waals surface area contributed by atoms with Gasteiger partial charge in [0.05, 0.1) is 36.0 Å². The van der Waals surface area contributed by atoms with E-state index in [0.29, 0.717) is 38.1 Å². The van der Waals surface area contributed by atoms with Crippen molar-refractivity contribution in [1.29, 1.82) is 0 Å². The number of nitrogens with zero attached hydrogens (tertiary/aromatic N) is 2. The van der Waals surface area contributed by atoms with Crippen molar-refractivity contribution in [2.75, 3.05) is 12.0 Å². The summed E-state index contributed by atoms with van der Waals surface area (Å²) >= 11 is 6.37. The van der Waals surface area contributed by atoms with Crippen molar-refractivity contribution in [2.45, 2.75) is 30.8 Å². The van der Waals surface area contributed by atoms with Crippen molar-refractivity contribution in [3.05, 3.63) is 136 Å². The molecule has 10 nitrogen and oxygen atoms in total. The lowest BCUT2D eigenvalue weighted by Crippen LogP contribution is -2.53. The van der Waals surface area contributed by atoms with Gasteiger partial charge in [-0.1, -0.05) is 96.0 Å². The first kappa shape index (κ1) is 33.4. The highest BCUT2D eigenvalue weighted by Crippen LogP contribution is 2.65. The smallest absolute Gasteiger partial charge is 0.423 e. The highest BCUT2D eigenvalue weighted by atomic mass is 35.5. The average Bonchev–Trinajstić information content (AvgIpc) is 3.55. The summed E-state index contributed by atoms with van der Waals surface area (Å²) in [5.41, 5.74) is 1.19. The molecule has 52 heavy (non-hydrogen) atoms. The summed E-state index contributed by atoms with van der Waals surface area (Å²) in [6.07, 6.45) is 0.926. The SMILES string of the molecule is COC(=O)N1C(=O)C2CC=C3C(CC4C(=O)N(c5cccc(Cl)c5)C(=O)C4(c4ccccc4)C3c3ccc(OCc4ccccc4)cc3O)C2C1=O. The van der Waals surface area contributed by atoms with Gasteiger partial charge in [-0.3, -0.25) is 19.2 Å². The molecule has 3 fully saturated rings. The van der Waals surface area contributed by atoms with Crippen LogP contribution in [-0.2, 0) is 35.9 Å². The van der Waals surface area contributed by atoms with Crippen molar-refractivity contribution < 1.29 is 38.6 Å². The van der Waals surface area contributed by atoms with Crippen LogP contribution in [-0.4, -0.2) is 46.8 Å². The molecule has 0 spiro atoms. The van der Waals surface area contributed by atoms with Crippen LogP contribution in [0.5, 0.6) is 11.5 Å². The average molecular weight is 717 g/mol. The summed E-state index contributed by atoms with van der Waals surface area (Å²) in [6.45, 7) is 0.254. The van der Waals surface area contributed by atoms with Crippen LogP contribution < -0.4 is 9.64 Å². The van der Waals surface area contributed by atoms with Gasteiger partial charge in [0.1, 0.15) is 18.1 Å². The number of phenols is 1. The first-order chi connectivity index (χ1) is 25.2. The molecule has 0 bridgehead atoms. The molecule has 2 heterocycles. The molecule has 4 aromatic rings. The van der Waals surface area contributed by atoms with E-state index in [0.717, 1.165) is 17.6 Å². The molecule has 1 N–H and O–H groups in total. The van der Waals surface area contributed by atoms with Gasteiger partial charge in [-0.15, -0.1) is 0 Å². The van der Waals surface area contributed by atoms with Crippen molar-refractivity contribution >= 4 is 47.0 Å². The summed E-state index contributed by atoms with van der Waals surface area (Å²) in [4.78, 5) is 72.1. The van der Waals surface area contributed by atoms with E-state index >= 15 is 4.79 Å². The van der Waals surface area contributed by atoms with Gasteiger partial charge in [0.2, 0.25) is 23.6 Å². The van der Waals surface area contributed by atoms with Gasteiger partial charge in [0.15, 0.2) is 0 Å². The maximum Gasteiger partial charge on any atom is 0.423 e. The fourth-order valence-corrected chi connectivity index (χ4v) is 9.14. The number of imide groups is 4. The lowest BCUT2D eigenvalue weighted by Gasteiger charge is -2.50. The molecule has 2 aliphatic heterocycles. The molecule has 4 aliphatic rings. The van der Waals surface area contributed by atoms with Crippen LogP contribution in [0.15, 0.2) is 115 Å². The second-order valence-electron chi connectivity index (χ2n) is 13.6. The van der Waals surface area contributed by atoms with E-state index < -0.39 is 64.7 Å². The number of benzene rings is 4. The number of carbonyl (C=O) groups excluding carboxylic acids is 5. The predicted molar refractivity (Wildman–Crippen MR) is 189 cm³/mol. The molecular formula is C41H33ClN2O8. The molecule has 2 aliphatic carbocycles. The number of halogens is 1. The Morgan fingerprint density at radius 1 is 0.865 bits per heavy atom. The zero-order chi connectivity index (χ0) is 36.3. The number of methoxy groups -OCH3 is 1. The summed E-state index contributed by atoms with van der Waals surface area (Å²) in [5, 5.41) is 12.2. The van der Waals surface area contributed by atoms with Gasteiger partial charge < -0.3 is 14.6 Å². The summed E-state index contributed by atoms with van der Waals surface area (Å²) in [6, 6.07) is 30.0. The van der Waals surface area contributed by atoms with Gasteiger partial charge in [-0.05, 0) is 54.2 Å². The van der Waals surface area contributed by atoms with Crippen LogP contribution in [0.3, 0.4) is 0 Å². The summed E-state index contributed by atoms with van der Waals surface area (Å²) in [7, 11) is 1.10. The molecule has 0 radical (unpaired) electrons. The molecule has 5 amide bonds. The van der Waals surface area contributed by atoms with Crippen molar-refractivity contribution in [1.82, 2.24) is 4.90 Å². The number of anilines is 1. The number of likely N-dealkylation sites (tertiary alicyclic amines) is 1. The monoisotopic (exact) mass is 716 g/mol. The van der Waals surface area contributed by atoms with Gasteiger partial charge in [-0.25, -0.2) is 9.69 Å². The zero-order valence-corrected chi connectivity index (χ0v) is 28.7. The summed E-state index contributed by atoms with van der Waals surface area (Å²) in [5.74, 6) is -6.70. The fourth-order valence-electron chi connectivity index (χ4n) is 8.96. The van der Waals surface area contributed by atoms with Crippen molar-refractivity contribution in [3.63, 3.8) is 0 Å². The maximum atomic E-state index is 15.3. The van der Waals surface area contributed by atoms with E-state index in [1.54, 1.807) is 60.7 Å². The van der Waals surface area contributed by atoms with Gasteiger partial charge in [-0.2, -0.15) is 4.90 Å². The third-order valence-electron chi connectivity index (χ3n) is 11.1. The normalized spacial score (nSPS) is 26.4. The Hall–Kier alpha value is -5.74. The highest BCUT2D eigenvalue weighted by molar-refractivity contribution is 6.32. The van der Waals surface area contributed by atoms with Crippen LogP contribution in [0, 0.1) is 23.7 Å². The second-order valence-corrected chi connectivity index (χ2v) is 14.0. The number of allylic oxidation sites excluding steroid dienone is 2. The Kier molecular flexibility index (Phi) is 8.22. The van der Waals surface area contributed by atoms with Crippen LogP contribution in [0.4, 0.5) is 10.5 Å². The standard InChI is InChI=1S/C41H33ClN2O8/c1-51-40(50)44-36(46)30-18-17-28-31(34(30)38(44)48)21-32-37(47)43(26-14-8-13-25(42)19-26)39(49)41(32,24-11-6-3-7-12-24)35(28)29-16-15-27(20-33(29)45)52-22-23-9-4-2-5-10-23/h2-17,19-20,30-32,34-35,45H,18,21-22H2,1H3. The molecule has 1 saturated carbocycles. The highest BCUT2D eigenvalue weighted by Gasteiger charge is 2.70. The molecular weight excluding hydrogens is 684 g/mol. The van der Waals surface area contributed by atoms with Crippen molar-refractivity contribution in [2.24, 2.45) is 23.7 Å². The van der Waals surface area contributed by atoms with Gasteiger partial charge >= 0.3 is 6.09 Å². The lowest BCUT2D eigenvalue weighted by molar-refractivity contribution is -0.138. The van der Waals surface area contributed by atoms with E-state index in [9.17, 15) is 24.3 Å². The van der Waals surface area contributed by atoms with Crippen molar-refractivity contribution in [3.8, 4) is 11.5 Å². The summed E-state index contributed by atoms with van der Waals surface area (Å²) < 4.78 is 10.8. The number of carbonyl (C=O) groups is 5. The number of amides is 5. The number of hydrogen-bond acceptors (Lipinski definition) is 8. The Morgan fingerprint density at radius 3 is 2.29 bits per heavy atom. The van der Waals surface area contributed by atoms with Gasteiger partial charge in [0, 0.05) is 22.6 Å². The first-order valence-corrected chi connectivity index (χ1v) is 17.4. The molecule has 11 heteroatoms. The van der Waals surface area contributed by atoms with Gasteiger partial charge in [0.25, 0.3) is 0 Å². The largest absolute Gasteiger partial charge is 0.508 e. The molecule has 2 saturated heterocycles. The Labute approximate surface area is 304 Å². The Balaban J connectivity index is 1.32. The number of aromatic hydroxyl groups is 1. The van der Waals surface area contributed by atoms with E-state index in [-0.39, 0.29) is 25.2 Å². The molecule has 4 aromatic carbocycles. The molecule has 6 atom stereocenters. The van der Waals surface area contributed by atoms with Crippen LogP contribution in [0.1, 0.15) is 35.4 Å². The molecule has 262 valence electrons. The maximum absolute atomic E-state index is 15.3.